The topological polar surface area (TPSA) is 61.2 Å². The minimum Gasteiger partial charge on any atom is -0.494 e. The second-order valence-electron chi connectivity index (χ2n) is 7.72. The number of thioether (sulfide) groups is 1. The van der Waals surface area contributed by atoms with Gasteiger partial charge in [-0.25, -0.2) is 9.37 Å². The lowest BCUT2D eigenvalue weighted by molar-refractivity contribution is 0.102. The number of ether oxygens (including phenoxy) is 1. The second-order valence-corrected chi connectivity index (χ2v) is 9.74. The summed E-state index contributed by atoms with van der Waals surface area (Å²) in [6.45, 7) is 2.47. The van der Waals surface area contributed by atoms with Crippen molar-refractivity contribution in [2.45, 2.75) is 31.3 Å². The Hall–Kier alpha value is -2.97. The molecule has 0 saturated carbocycles. The molecule has 8 heteroatoms. The molecule has 5 nitrogen and oxygen atoms in total. The van der Waals surface area contributed by atoms with Gasteiger partial charge in [-0.15, -0.1) is 11.3 Å². The molecule has 0 amide bonds. The molecule has 0 saturated heterocycles. The number of hydrogen-bond acceptors (Lipinski definition) is 6. The molecule has 0 spiro atoms. The van der Waals surface area contributed by atoms with E-state index in [2.05, 4.69) is 0 Å². The van der Waals surface area contributed by atoms with E-state index in [1.807, 2.05) is 31.2 Å². The molecule has 168 valence electrons. The molecule has 0 atom stereocenters. The van der Waals surface area contributed by atoms with Crippen LogP contribution in [-0.2, 0) is 12.8 Å². The lowest BCUT2D eigenvalue weighted by atomic mass is 10.1. The Bertz CT molecular complexity index is 1390. The van der Waals surface area contributed by atoms with Crippen LogP contribution in [0.3, 0.4) is 0 Å². The fourth-order valence-corrected chi connectivity index (χ4v) is 6.27. The first-order valence-electron chi connectivity index (χ1n) is 10.8. The second kappa shape index (κ2) is 9.11. The van der Waals surface area contributed by atoms with Crippen molar-refractivity contribution < 1.29 is 13.9 Å². The van der Waals surface area contributed by atoms with Gasteiger partial charge in [-0.05, 0) is 80.3 Å². The van der Waals surface area contributed by atoms with Crippen molar-refractivity contribution in [1.82, 2.24) is 9.55 Å². The van der Waals surface area contributed by atoms with Crippen LogP contribution in [0.25, 0.3) is 15.9 Å². The van der Waals surface area contributed by atoms with Crippen LogP contribution in [0.1, 0.15) is 34.1 Å². The molecule has 0 N–H and O–H groups in total. The van der Waals surface area contributed by atoms with Crippen LogP contribution in [0.15, 0.2) is 58.5 Å². The van der Waals surface area contributed by atoms with Gasteiger partial charge >= 0.3 is 0 Å². The molecule has 0 aliphatic heterocycles. The number of rotatable bonds is 7. The van der Waals surface area contributed by atoms with E-state index >= 15 is 0 Å². The fourth-order valence-electron chi connectivity index (χ4n) is 4.06. The first-order chi connectivity index (χ1) is 16.0. The summed E-state index contributed by atoms with van der Waals surface area (Å²) in [5, 5.41) is 1.16. The summed E-state index contributed by atoms with van der Waals surface area (Å²) in [4.78, 5) is 33.1. The van der Waals surface area contributed by atoms with Crippen LogP contribution >= 0.6 is 23.1 Å². The Morgan fingerprint density at radius 3 is 2.64 bits per heavy atom. The molecule has 2 aromatic carbocycles. The molecule has 0 unspecified atom stereocenters. The van der Waals surface area contributed by atoms with Crippen molar-refractivity contribution in [1.29, 1.82) is 0 Å². The minimum atomic E-state index is -0.388. The highest BCUT2D eigenvalue weighted by molar-refractivity contribution is 7.99. The van der Waals surface area contributed by atoms with Gasteiger partial charge in [0.15, 0.2) is 10.9 Å². The average Bonchev–Trinajstić information content (AvgIpc) is 3.40. The molecule has 0 radical (unpaired) electrons. The molecular formula is C25H21FN2O3S2. The Balaban J connectivity index is 1.56. The van der Waals surface area contributed by atoms with E-state index in [9.17, 15) is 14.0 Å². The lowest BCUT2D eigenvalue weighted by Crippen LogP contribution is -2.22. The Labute approximate surface area is 198 Å². The first kappa shape index (κ1) is 21.9. The third-order valence-electron chi connectivity index (χ3n) is 5.61. The summed E-state index contributed by atoms with van der Waals surface area (Å²) >= 11 is 2.79. The van der Waals surface area contributed by atoms with E-state index in [-0.39, 0.29) is 22.9 Å². The Morgan fingerprint density at radius 2 is 1.91 bits per heavy atom. The summed E-state index contributed by atoms with van der Waals surface area (Å²) in [5.41, 5.74) is 2.11. The fraction of sp³-hybridized carbons (Fsp3) is 0.240. The number of Topliss-reactive ketones (excluding diaryl/α,β-unsaturated/α-hetero) is 1. The monoisotopic (exact) mass is 480 g/mol. The maximum absolute atomic E-state index is 13.7. The van der Waals surface area contributed by atoms with E-state index in [0.717, 1.165) is 35.4 Å². The molecular weight excluding hydrogens is 459 g/mol. The number of aromatic nitrogens is 2. The van der Waals surface area contributed by atoms with Crippen molar-refractivity contribution in [3.05, 3.63) is 80.7 Å². The predicted octanol–water partition coefficient (Wildman–Crippen LogP) is 5.45. The molecule has 2 aromatic heterocycles. The summed E-state index contributed by atoms with van der Waals surface area (Å²) in [6, 6.07) is 12.8. The quantitative estimate of drug-likeness (QED) is 0.200. The zero-order valence-corrected chi connectivity index (χ0v) is 19.6. The number of carbonyl (C=O) groups excluding carboxylic acids is 1. The highest BCUT2D eigenvalue weighted by atomic mass is 32.2. The van der Waals surface area contributed by atoms with E-state index in [1.54, 1.807) is 15.9 Å². The van der Waals surface area contributed by atoms with Gasteiger partial charge in [0.05, 0.1) is 23.4 Å². The maximum atomic E-state index is 13.7. The Morgan fingerprint density at radius 1 is 1.15 bits per heavy atom. The predicted molar refractivity (Wildman–Crippen MR) is 130 cm³/mol. The zero-order valence-electron chi connectivity index (χ0n) is 18.0. The maximum Gasteiger partial charge on any atom is 0.267 e. The van der Waals surface area contributed by atoms with E-state index < -0.39 is 0 Å². The molecule has 0 bridgehead atoms. The van der Waals surface area contributed by atoms with Gasteiger partial charge in [0, 0.05) is 10.4 Å². The zero-order chi connectivity index (χ0) is 22.9. The highest BCUT2D eigenvalue weighted by Gasteiger charge is 2.24. The van der Waals surface area contributed by atoms with Crippen molar-refractivity contribution in [2.24, 2.45) is 0 Å². The molecule has 1 aliphatic rings. The molecule has 5 rings (SSSR count). The van der Waals surface area contributed by atoms with E-state index in [4.69, 9.17) is 9.72 Å². The highest BCUT2D eigenvalue weighted by Crippen LogP contribution is 2.36. The summed E-state index contributed by atoms with van der Waals surface area (Å²) in [5.74, 6) is 0.272. The van der Waals surface area contributed by atoms with Crippen LogP contribution in [0, 0.1) is 5.82 Å². The number of carbonyl (C=O) groups is 1. The van der Waals surface area contributed by atoms with Crippen LogP contribution in [0.2, 0.25) is 0 Å². The molecule has 4 aromatic rings. The van der Waals surface area contributed by atoms with Gasteiger partial charge in [-0.3, -0.25) is 14.2 Å². The van der Waals surface area contributed by atoms with Gasteiger partial charge < -0.3 is 4.74 Å². The van der Waals surface area contributed by atoms with Crippen molar-refractivity contribution in [2.75, 3.05) is 12.4 Å². The molecule has 2 heterocycles. The van der Waals surface area contributed by atoms with E-state index in [0.29, 0.717) is 28.4 Å². The van der Waals surface area contributed by atoms with Gasteiger partial charge in [-0.2, -0.15) is 0 Å². The number of halogens is 1. The molecule has 0 fully saturated rings. The third-order valence-corrected chi connectivity index (χ3v) is 7.74. The number of ketones is 1. The number of fused-ring (bicyclic) bond motifs is 3. The van der Waals surface area contributed by atoms with Gasteiger partial charge in [0.1, 0.15) is 16.4 Å². The normalized spacial score (nSPS) is 12.8. The smallest absolute Gasteiger partial charge is 0.267 e. The largest absolute Gasteiger partial charge is 0.494 e. The average molecular weight is 481 g/mol. The van der Waals surface area contributed by atoms with Gasteiger partial charge in [0.25, 0.3) is 5.56 Å². The molecule has 1 aliphatic carbocycles. The third kappa shape index (κ3) is 4.20. The van der Waals surface area contributed by atoms with Gasteiger partial charge in [-0.1, -0.05) is 11.8 Å². The number of benzene rings is 2. The lowest BCUT2D eigenvalue weighted by Gasteiger charge is -2.13. The van der Waals surface area contributed by atoms with Crippen molar-refractivity contribution >= 4 is 39.1 Å². The minimum absolute atomic E-state index is 0.0890. The van der Waals surface area contributed by atoms with Crippen LogP contribution in [-0.4, -0.2) is 27.7 Å². The number of aryl methyl sites for hydroxylation is 2. The SMILES string of the molecule is CCOc1ccc(-n2c(SCC(=O)c3ccc(F)cc3)nc3sc4c(c3c2=O)CCC4)cc1. The number of nitrogens with zero attached hydrogens (tertiary/aromatic N) is 2. The van der Waals surface area contributed by atoms with Crippen LogP contribution in [0.4, 0.5) is 4.39 Å². The molecule has 33 heavy (non-hydrogen) atoms. The van der Waals surface area contributed by atoms with Crippen LogP contribution in [0.5, 0.6) is 5.75 Å². The summed E-state index contributed by atoms with van der Waals surface area (Å²) < 4.78 is 20.3. The summed E-state index contributed by atoms with van der Waals surface area (Å²) in [6.07, 6.45) is 2.93. The van der Waals surface area contributed by atoms with Crippen molar-refractivity contribution in [3.8, 4) is 11.4 Å². The first-order valence-corrected chi connectivity index (χ1v) is 12.6. The van der Waals surface area contributed by atoms with Gasteiger partial charge in [0.2, 0.25) is 0 Å². The standard InChI is InChI=1S/C25H21FN2O3S2/c1-2-31-18-12-10-17(11-13-18)28-24(30)22-19-4-3-5-21(19)33-23(22)27-25(28)32-14-20(29)15-6-8-16(26)9-7-15/h6-13H,2-5,14H2,1H3. The number of thiophene rings is 1. The summed E-state index contributed by atoms with van der Waals surface area (Å²) in [7, 11) is 0. The van der Waals surface area contributed by atoms with Crippen molar-refractivity contribution in [3.63, 3.8) is 0 Å². The van der Waals surface area contributed by atoms with Crippen LogP contribution < -0.4 is 10.3 Å². The number of hydrogen-bond donors (Lipinski definition) is 0. The van der Waals surface area contributed by atoms with E-state index in [1.165, 1.54) is 40.9 Å². The Kier molecular flexibility index (Phi) is 6.03.